The average molecular weight is 275 g/mol. The number of alkyl carbamates (subject to hydrolysis) is 1. The molecule has 19 heavy (non-hydrogen) atoms. The van der Waals surface area contributed by atoms with E-state index < -0.39 is 11.7 Å². The van der Waals surface area contributed by atoms with Crippen molar-refractivity contribution in [1.29, 1.82) is 0 Å². The number of carbonyl (C=O) groups excluding carboxylic acids is 2. The summed E-state index contributed by atoms with van der Waals surface area (Å²) in [7, 11) is 0. The molecule has 1 unspecified atom stereocenters. The first-order valence-electron chi connectivity index (χ1n) is 6.40. The van der Waals surface area contributed by atoms with Crippen molar-refractivity contribution in [1.82, 2.24) is 16.0 Å². The number of hydrogen-bond acceptors (Lipinski definition) is 4. The molecule has 0 spiro atoms. The second-order valence-electron chi connectivity index (χ2n) is 5.12. The predicted molar refractivity (Wildman–Crippen MR) is 71.9 cm³/mol. The Bertz CT molecular complexity index is 285. The number of aliphatic hydroxyl groups excluding tert-OH is 1. The van der Waals surface area contributed by atoms with Crippen LogP contribution >= 0.6 is 0 Å². The van der Waals surface area contributed by atoms with Crippen molar-refractivity contribution >= 4 is 12.1 Å². The van der Waals surface area contributed by atoms with Crippen LogP contribution < -0.4 is 16.0 Å². The predicted octanol–water partition coefficient (Wildman–Crippen LogP) is 0.581. The van der Waals surface area contributed by atoms with E-state index in [-0.39, 0.29) is 31.8 Å². The average Bonchev–Trinajstić information content (AvgIpc) is 2.29. The number of aliphatic hydroxyl groups is 1. The summed E-state index contributed by atoms with van der Waals surface area (Å²) < 4.78 is 5.03. The molecule has 0 bridgehead atoms. The molecule has 1 atom stereocenters. The Morgan fingerprint density at radius 3 is 2.26 bits per heavy atom. The maximum atomic E-state index is 11.4. The van der Waals surface area contributed by atoms with Crippen molar-refractivity contribution in [3.8, 4) is 0 Å². The van der Waals surface area contributed by atoms with Gasteiger partial charge in [0.1, 0.15) is 5.60 Å². The van der Waals surface area contributed by atoms with E-state index in [1.165, 1.54) is 0 Å². The van der Waals surface area contributed by atoms with Gasteiger partial charge < -0.3 is 25.8 Å². The standard InChI is InChI=1S/C12H25N3O4/c1-5-9(8-16)15-10(17)13-6-7-14-11(18)19-12(2,3)4/h9,16H,5-8H2,1-4H3,(H,14,18)(H2,13,15,17). The smallest absolute Gasteiger partial charge is 0.407 e. The van der Waals surface area contributed by atoms with Crippen molar-refractivity contribution in [3.63, 3.8) is 0 Å². The van der Waals surface area contributed by atoms with Gasteiger partial charge in [0.2, 0.25) is 0 Å². The van der Waals surface area contributed by atoms with Crippen molar-refractivity contribution in [3.05, 3.63) is 0 Å². The van der Waals surface area contributed by atoms with Gasteiger partial charge in [0.15, 0.2) is 0 Å². The van der Waals surface area contributed by atoms with Gasteiger partial charge in [0.25, 0.3) is 0 Å². The molecule has 0 rings (SSSR count). The van der Waals surface area contributed by atoms with Gasteiger partial charge in [0.05, 0.1) is 12.6 Å². The Morgan fingerprint density at radius 2 is 1.79 bits per heavy atom. The van der Waals surface area contributed by atoms with Gasteiger partial charge in [0, 0.05) is 13.1 Å². The minimum absolute atomic E-state index is 0.0971. The third-order valence-electron chi connectivity index (χ3n) is 2.13. The van der Waals surface area contributed by atoms with Crippen molar-refractivity contribution < 1.29 is 19.4 Å². The maximum absolute atomic E-state index is 11.4. The van der Waals surface area contributed by atoms with E-state index in [0.29, 0.717) is 6.42 Å². The lowest BCUT2D eigenvalue weighted by atomic mass is 10.2. The van der Waals surface area contributed by atoms with E-state index in [9.17, 15) is 9.59 Å². The molecule has 0 aromatic rings. The largest absolute Gasteiger partial charge is 0.444 e. The molecule has 0 aromatic heterocycles. The van der Waals surface area contributed by atoms with Crippen molar-refractivity contribution in [2.75, 3.05) is 19.7 Å². The molecule has 0 aliphatic carbocycles. The number of ether oxygens (including phenoxy) is 1. The molecule has 7 nitrogen and oxygen atoms in total. The Balaban J connectivity index is 3.69. The SMILES string of the molecule is CCC(CO)NC(=O)NCCNC(=O)OC(C)(C)C. The van der Waals surface area contributed by atoms with Crippen molar-refractivity contribution in [2.24, 2.45) is 0 Å². The third kappa shape index (κ3) is 10.1. The van der Waals surface area contributed by atoms with Gasteiger partial charge >= 0.3 is 12.1 Å². The van der Waals surface area contributed by atoms with Gasteiger partial charge in [-0.3, -0.25) is 0 Å². The first-order chi connectivity index (χ1) is 8.78. The van der Waals surface area contributed by atoms with Crippen molar-refractivity contribution in [2.45, 2.75) is 45.8 Å². The van der Waals surface area contributed by atoms with Crippen LogP contribution in [0.15, 0.2) is 0 Å². The fourth-order valence-electron chi connectivity index (χ4n) is 1.17. The van der Waals surface area contributed by atoms with Crippen LogP contribution in [0.5, 0.6) is 0 Å². The summed E-state index contributed by atoms with van der Waals surface area (Å²) in [6.07, 6.45) is 0.136. The van der Waals surface area contributed by atoms with Crippen LogP contribution in [0.3, 0.4) is 0 Å². The molecule has 0 radical (unpaired) electrons. The van der Waals surface area contributed by atoms with Crippen LogP contribution in [0.2, 0.25) is 0 Å². The Hall–Kier alpha value is -1.50. The lowest BCUT2D eigenvalue weighted by Crippen LogP contribution is -2.46. The molecule has 0 saturated carbocycles. The Morgan fingerprint density at radius 1 is 1.21 bits per heavy atom. The minimum Gasteiger partial charge on any atom is -0.444 e. The first-order valence-corrected chi connectivity index (χ1v) is 6.40. The molecule has 0 aliphatic rings. The van der Waals surface area contributed by atoms with E-state index in [2.05, 4.69) is 16.0 Å². The highest BCUT2D eigenvalue weighted by molar-refractivity contribution is 5.74. The van der Waals surface area contributed by atoms with E-state index in [4.69, 9.17) is 9.84 Å². The summed E-state index contributed by atoms with van der Waals surface area (Å²) in [5, 5.41) is 16.6. The van der Waals surface area contributed by atoms with Gasteiger partial charge in [-0.05, 0) is 27.2 Å². The molecule has 7 heteroatoms. The Labute approximate surface area is 114 Å². The van der Waals surface area contributed by atoms with E-state index >= 15 is 0 Å². The molecule has 0 heterocycles. The van der Waals surface area contributed by atoms with Crippen LogP contribution in [-0.4, -0.2) is 48.6 Å². The second kappa shape index (κ2) is 8.58. The normalized spacial score (nSPS) is 12.5. The summed E-state index contributed by atoms with van der Waals surface area (Å²) in [6.45, 7) is 7.66. The van der Waals surface area contributed by atoms with Gasteiger partial charge in [-0.15, -0.1) is 0 Å². The quantitative estimate of drug-likeness (QED) is 0.533. The molecule has 112 valence electrons. The molecular weight excluding hydrogens is 250 g/mol. The fraction of sp³-hybridized carbons (Fsp3) is 0.833. The zero-order valence-electron chi connectivity index (χ0n) is 12.1. The lowest BCUT2D eigenvalue weighted by molar-refractivity contribution is 0.0528. The molecule has 0 saturated heterocycles. The number of rotatable bonds is 6. The topological polar surface area (TPSA) is 99.7 Å². The zero-order valence-corrected chi connectivity index (χ0v) is 12.1. The van der Waals surface area contributed by atoms with Crippen LogP contribution in [0.1, 0.15) is 34.1 Å². The minimum atomic E-state index is -0.537. The summed E-state index contributed by atoms with van der Waals surface area (Å²) in [6, 6.07) is -0.620. The molecule has 4 N–H and O–H groups in total. The summed E-state index contributed by atoms with van der Waals surface area (Å²) >= 11 is 0. The van der Waals surface area contributed by atoms with E-state index in [1.54, 1.807) is 20.8 Å². The number of urea groups is 1. The summed E-state index contributed by atoms with van der Waals surface area (Å²) in [5.41, 5.74) is -0.537. The van der Waals surface area contributed by atoms with E-state index in [0.717, 1.165) is 0 Å². The zero-order chi connectivity index (χ0) is 14.9. The summed E-state index contributed by atoms with van der Waals surface area (Å²) in [5.74, 6) is 0. The van der Waals surface area contributed by atoms with Crippen LogP contribution in [0.4, 0.5) is 9.59 Å². The Kier molecular flexibility index (Phi) is 7.90. The highest BCUT2D eigenvalue weighted by Crippen LogP contribution is 2.05. The number of amides is 3. The van der Waals surface area contributed by atoms with Crippen LogP contribution in [0, 0.1) is 0 Å². The first kappa shape index (κ1) is 17.5. The highest BCUT2D eigenvalue weighted by atomic mass is 16.6. The van der Waals surface area contributed by atoms with Crippen LogP contribution in [0.25, 0.3) is 0 Å². The second-order valence-corrected chi connectivity index (χ2v) is 5.12. The maximum Gasteiger partial charge on any atom is 0.407 e. The molecule has 0 fully saturated rings. The third-order valence-corrected chi connectivity index (χ3v) is 2.13. The van der Waals surface area contributed by atoms with Gasteiger partial charge in [-0.1, -0.05) is 6.92 Å². The monoisotopic (exact) mass is 275 g/mol. The molecule has 0 aromatic carbocycles. The lowest BCUT2D eigenvalue weighted by Gasteiger charge is -2.19. The molecule has 3 amide bonds. The van der Waals surface area contributed by atoms with Gasteiger partial charge in [-0.2, -0.15) is 0 Å². The summed E-state index contributed by atoms with van der Waals surface area (Å²) in [4.78, 5) is 22.6. The molecular formula is C12H25N3O4. The van der Waals surface area contributed by atoms with Gasteiger partial charge in [-0.25, -0.2) is 9.59 Å². The number of carbonyl (C=O) groups is 2. The van der Waals surface area contributed by atoms with Crippen LogP contribution in [-0.2, 0) is 4.74 Å². The fourth-order valence-corrected chi connectivity index (χ4v) is 1.17. The van der Waals surface area contributed by atoms with E-state index in [1.807, 2.05) is 6.92 Å². The number of nitrogens with one attached hydrogen (secondary N) is 3. The number of hydrogen-bond donors (Lipinski definition) is 4. The highest BCUT2D eigenvalue weighted by Gasteiger charge is 2.15. The molecule has 0 aliphatic heterocycles.